The van der Waals surface area contributed by atoms with Gasteiger partial charge in [0.2, 0.25) is 0 Å². The van der Waals surface area contributed by atoms with Gasteiger partial charge in [-0.1, -0.05) is 13.8 Å². The summed E-state index contributed by atoms with van der Waals surface area (Å²) in [4.78, 5) is 0. The summed E-state index contributed by atoms with van der Waals surface area (Å²) >= 11 is 0. The van der Waals surface area contributed by atoms with Crippen molar-refractivity contribution in [2.75, 3.05) is 20.3 Å². The van der Waals surface area contributed by atoms with E-state index in [0.29, 0.717) is 6.04 Å². The lowest BCUT2D eigenvalue weighted by molar-refractivity contribution is 0.149. The molecule has 0 aliphatic rings. The Balaban J connectivity index is 2.50. The summed E-state index contributed by atoms with van der Waals surface area (Å²) in [6, 6.07) is 2.44. The molecule has 1 atom stereocenters. The average Bonchev–Trinajstić information content (AvgIpc) is 2.63. The molecule has 0 saturated heterocycles. The van der Waals surface area contributed by atoms with Crippen molar-refractivity contribution in [3.05, 3.63) is 23.2 Å². The second-order valence-corrected chi connectivity index (χ2v) is 5.88. The van der Waals surface area contributed by atoms with Gasteiger partial charge < -0.3 is 14.5 Å². The van der Waals surface area contributed by atoms with Crippen molar-refractivity contribution in [1.82, 2.24) is 5.32 Å². The van der Waals surface area contributed by atoms with Crippen LogP contribution in [0, 0.1) is 19.3 Å². The van der Waals surface area contributed by atoms with Gasteiger partial charge in [-0.3, -0.25) is 0 Å². The van der Waals surface area contributed by atoms with E-state index in [4.69, 9.17) is 9.15 Å². The normalized spacial score (nSPS) is 13.9. The Bertz CT molecular complexity index is 369. The van der Waals surface area contributed by atoms with Gasteiger partial charge in [-0.15, -0.1) is 0 Å². The summed E-state index contributed by atoms with van der Waals surface area (Å²) in [7, 11) is 1.75. The van der Waals surface area contributed by atoms with Gasteiger partial charge in [-0.25, -0.2) is 0 Å². The van der Waals surface area contributed by atoms with Crippen LogP contribution in [-0.4, -0.2) is 20.3 Å². The highest BCUT2D eigenvalue weighted by Crippen LogP contribution is 2.24. The van der Waals surface area contributed by atoms with Gasteiger partial charge >= 0.3 is 0 Å². The lowest BCUT2D eigenvalue weighted by Gasteiger charge is -2.27. The van der Waals surface area contributed by atoms with Crippen molar-refractivity contribution in [3.63, 3.8) is 0 Å². The topological polar surface area (TPSA) is 34.4 Å². The number of hydrogen-bond donors (Lipinski definition) is 1. The van der Waals surface area contributed by atoms with Crippen LogP contribution in [0.1, 0.15) is 50.3 Å². The maximum atomic E-state index is 5.57. The molecule has 1 aromatic rings. The van der Waals surface area contributed by atoms with Crippen LogP contribution in [0.5, 0.6) is 0 Å². The third-order valence-electron chi connectivity index (χ3n) is 3.42. The van der Waals surface area contributed by atoms with Crippen molar-refractivity contribution in [1.29, 1.82) is 0 Å². The smallest absolute Gasteiger partial charge is 0.105 e. The quantitative estimate of drug-likeness (QED) is 0.806. The van der Waals surface area contributed by atoms with Gasteiger partial charge in [0, 0.05) is 31.9 Å². The fourth-order valence-corrected chi connectivity index (χ4v) is 2.09. The number of hydrogen-bond acceptors (Lipinski definition) is 3. The number of aryl methyl sites for hydroxylation is 2. The third kappa shape index (κ3) is 4.46. The minimum Gasteiger partial charge on any atom is -0.466 e. The zero-order chi connectivity index (χ0) is 13.8. The van der Waals surface area contributed by atoms with Gasteiger partial charge in [0.15, 0.2) is 0 Å². The van der Waals surface area contributed by atoms with Crippen molar-refractivity contribution in [3.8, 4) is 0 Å². The monoisotopic (exact) mass is 253 g/mol. The van der Waals surface area contributed by atoms with E-state index in [1.807, 2.05) is 13.8 Å². The van der Waals surface area contributed by atoms with Crippen LogP contribution < -0.4 is 5.32 Å². The average molecular weight is 253 g/mol. The van der Waals surface area contributed by atoms with E-state index in [1.54, 1.807) is 7.11 Å². The molecular weight excluding hydrogens is 226 g/mol. The van der Waals surface area contributed by atoms with Crippen molar-refractivity contribution in [2.24, 2.45) is 5.41 Å². The number of methoxy groups -OCH3 is 1. The van der Waals surface area contributed by atoms with Gasteiger partial charge in [0.05, 0.1) is 0 Å². The predicted octanol–water partition coefficient (Wildman–Crippen LogP) is 3.61. The van der Waals surface area contributed by atoms with Crippen LogP contribution in [0.3, 0.4) is 0 Å². The first-order valence-corrected chi connectivity index (χ1v) is 6.65. The highest BCUT2D eigenvalue weighted by atomic mass is 16.5. The van der Waals surface area contributed by atoms with Crippen LogP contribution in [0.25, 0.3) is 0 Å². The highest BCUT2D eigenvalue weighted by molar-refractivity contribution is 5.23. The van der Waals surface area contributed by atoms with Crippen LogP contribution in [0.2, 0.25) is 0 Å². The molecule has 0 radical (unpaired) electrons. The van der Waals surface area contributed by atoms with Crippen LogP contribution in [-0.2, 0) is 4.74 Å². The number of ether oxygens (including phenoxy) is 1. The zero-order valence-electron chi connectivity index (χ0n) is 12.6. The second kappa shape index (κ2) is 6.39. The molecule has 0 aliphatic heterocycles. The molecule has 1 aromatic heterocycles. The minimum atomic E-state index is 0.247. The Morgan fingerprint density at radius 3 is 2.56 bits per heavy atom. The molecule has 18 heavy (non-hydrogen) atoms. The lowest BCUT2D eigenvalue weighted by Crippen LogP contribution is -2.32. The number of nitrogens with one attached hydrogen (secondary N) is 1. The Hall–Kier alpha value is -0.800. The Kier molecular flexibility index (Phi) is 5.42. The molecule has 1 N–H and O–H groups in total. The first kappa shape index (κ1) is 15.3. The summed E-state index contributed by atoms with van der Waals surface area (Å²) < 4.78 is 10.7. The molecule has 1 heterocycles. The van der Waals surface area contributed by atoms with Crippen LogP contribution in [0.4, 0.5) is 0 Å². The van der Waals surface area contributed by atoms with Gasteiger partial charge in [-0.2, -0.15) is 0 Å². The van der Waals surface area contributed by atoms with E-state index in [2.05, 4.69) is 32.2 Å². The first-order valence-electron chi connectivity index (χ1n) is 6.65. The fourth-order valence-electron chi connectivity index (χ4n) is 2.09. The predicted molar refractivity (Wildman–Crippen MR) is 74.9 cm³/mol. The fraction of sp³-hybridized carbons (Fsp3) is 0.733. The van der Waals surface area contributed by atoms with Crippen molar-refractivity contribution >= 4 is 0 Å². The highest BCUT2D eigenvalue weighted by Gasteiger charge is 2.20. The molecule has 3 heteroatoms. The van der Waals surface area contributed by atoms with Crippen molar-refractivity contribution in [2.45, 2.75) is 47.1 Å². The molecule has 0 aliphatic carbocycles. The molecule has 0 spiro atoms. The molecule has 1 unspecified atom stereocenters. The molecule has 3 nitrogen and oxygen atoms in total. The first-order chi connectivity index (χ1) is 8.35. The Morgan fingerprint density at radius 1 is 1.39 bits per heavy atom. The van der Waals surface area contributed by atoms with Crippen molar-refractivity contribution < 1.29 is 9.15 Å². The maximum absolute atomic E-state index is 5.57. The second-order valence-electron chi connectivity index (χ2n) is 5.88. The van der Waals surface area contributed by atoms with Gasteiger partial charge in [0.1, 0.15) is 11.5 Å². The molecule has 0 bridgehead atoms. The zero-order valence-corrected chi connectivity index (χ0v) is 12.6. The summed E-state index contributed by atoms with van der Waals surface area (Å²) in [5.74, 6) is 2.00. The summed E-state index contributed by atoms with van der Waals surface area (Å²) in [5.41, 5.74) is 1.51. The van der Waals surface area contributed by atoms with E-state index >= 15 is 0 Å². The molecule has 0 fully saturated rings. The number of furan rings is 1. The molecular formula is C15H27NO2. The third-order valence-corrected chi connectivity index (χ3v) is 3.42. The van der Waals surface area contributed by atoms with E-state index in [1.165, 1.54) is 5.56 Å². The maximum Gasteiger partial charge on any atom is 0.105 e. The molecule has 1 rings (SSSR count). The molecule has 104 valence electrons. The van der Waals surface area contributed by atoms with E-state index < -0.39 is 0 Å². The van der Waals surface area contributed by atoms with E-state index in [-0.39, 0.29) is 5.41 Å². The summed E-state index contributed by atoms with van der Waals surface area (Å²) in [5, 5.41) is 3.59. The molecule has 0 aromatic carbocycles. The van der Waals surface area contributed by atoms with E-state index in [9.17, 15) is 0 Å². The lowest BCUT2D eigenvalue weighted by atomic mass is 9.89. The molecule has 0 amide bonds. The SMILES string of the molecule is COCCC(C)(C)CNC(C)c1cc(C)oc1C. The van der Waals surface area contributed by atoms with Crippen LogP contribution >= 0.6 is 0 Å². The minimum absolute atomic E-state index is 0.247. The largest absolute Gasteiger partial charge is 0.466 e. The Morgan fingerprint density at radius 2 is 2.06 bits per heavy atom. The summed E-state index contributed by atoms with van der Waals surface area (Å²) in [6.45, 7) is 12.5. The standard InChI is InChI=1S/C15H27NO2/c1-11-9-14(13(3)18-11)12(2)16-10-15(4,5)7-8-17-6/h9,12,16H,7-8,10H2,1-6H3. The van der Waals surface area contributed by atoms with E-state index in [0.717, 1.165) is 31.1 Å². The number of rotatable bonds is 7. The van der Waals surface area contributed by atoms with Gasteiger partial charge in [0.25, 0.3) is 0 Å². The van der Waals surface area contributed by atoms with Crippen LogP contribution in [0.15, 0.2) is 10.5 Å². The van der Waals surface area contributed by atoms with Gasteiger partial charge in [-0.05, 0) is 38.7 Å². The Labute approximate surface area is 111 Å². The summed E-state index contributed by atoms with van der Waals surface area (Å²) in [6.07, 6.45) is 1.06. The molecule has 0 saturated carbocycles.